The Bertz CT molecular complexity index is 494. The summed E-state index contributed by atoms with van der Waals surface area (Å²) in [5, 5.41) is 2.75. The largest absolute Gasteiger partial charge is 0.495 e. The Kier molecular flexibility index (Phi) is 3.74. The average Bonchev–Trinajstić information content (AvgIpc) is 2.37. The molecule has 1 aromatic carbocycles. The summed E-state index contributed by atoms with van der Waals surface area (Å²) in [6, 6.07) is 7.10. The van der Waals surface area contributed by atoms with Gasteiger partial charge in [-0.25, -0.2) is 0 Å². The van der Waals surface area contributed by atoms with Crippen molar-refractivity contribution in [2.45, 2.75) is 19.3 Å². The van der Waals surface area contributed by atoms with Gasteiger partial charge in [0.25, 0.3) is 0 Å². The van der Waals surface area contributed by atoms with Crippen LogP contribution in [0.4, 0.5) is 5.69 Å². The first kappa shape index (κ1) is 13.4. The van der Waals surface area contributed by atoms with Crippen molar-refractivity contribution in [3.8, 4) is 5.75 Å². The average molecular weight is 263 g/mol. The second-order valence-electron chi connectivity index (χ2n) is 4.58. The Balaban J connectivity index is 2.18. The molecule has 2 rings (SSSR count). The van der Waals surface area contributed by atoms with Crippen LogP contribution >= 0.6 is 0 Å². The molecule has 0 spiro atoms. The van der Waals surface area contributed by atoms with E-state index in [-0.39, 0.29) is 5.91 Å². The minimum Gasteiger partial charge on any atom is -0.495 e. The topological polar surface area (TPSA) is 64.6 Å². The van der Waals surface area contributed by atoms with E-state index in [2.05, 4.69) is 5.32 Å². The van der Waals surface area contributed by atoms with E-state index in [4.69, 9.17) is 9.47 Å². The van der Waals surface area contributed by atoms with E-state index in [9.17, 15) is 9.59 Å². The molecule has 102 valence electrons. The normalized spacial score (nSPS) is 16.1. The van der Waals surface area contributed by atoms with Crippen LogP contribution < -0.4 is 10.1 Å². The predicted molar refractivity (Wildman–Crippen MR) is 69.9 cm³/mol. The zero-order chi connectivity index (χ0) is 13.9. The number of nitrogens with one attached hydrogen (secondary N) is 1. The highest BCUT2D eigenvalue weighted by atomic mass is 16.5. The SMILES string of the molecule is COC(=O)C1(C(=O)Nc2ccccc2OC)CCC1. The summed E-state index contributed by atoms with van der Waals surface area (Å²) in [7, 11) is 2.84. The van der Waals surface area contributed by atoms with Gasteiger partial charge in [-0.3, -0.25) is 9.59 Å². The molecule has 0 bridgehead atoms. The van der Waals surface area contributed by atoms with Gasteiger partial charge in [-0.2, -0.15) is 0 Å². The molecule has 0 radical (unpaired) electrons. The summed E-state index contributed by atoms with van der Waals surface area (Å²) in [5.74, 6) is -0.226. The van der Waals surface area contributed by atoms with Crippen LogP contribution in [-0.4, -0.2) is 26.1 Å². The minimum absolute atomic E-state index is 0.324. The van der Waals surface area contributed by atoms with E-state index >= 15 is 0 Å². The number of ether oxygens (including phenoxy) is 2. The fourth-order valence-electron chi connectivity index (χ4n) is 2.24. The second kappa shape index (κ2) is 5.30. The van der Waals surface area contributed by atoms with Crippen molar-refractivity contribution in [3.63, 3.8) is 0 Å². The maximum absolute atomic E-state index is 12.3. The number of amides is 1. The van der Waals surface area contributed by atoms with E-state index in [0.717, 1.165) is 6.42 Å². The van der Waals surface area contributed by atoms with Crippen molar-refractivity contribution < 1.29 is 19.1 Å². The number of carbonyl (C=O) groups is 2. The van der Waals surface area contributed by atoms with E-state index < -0.39 is 11.4 Å². The highest BCUT2D eigenvalue weighted by Gasteiger charge is 2.52. The van der Waals surface area contributed by atoms with Crippen molar-refractivity contribution in [3.05, 3.63) is 24.3 Å². The quantitative estimate of drug-likeness (QED) is 0.666. The summed E-state index contributed by atoms with van der Waals surface area (Å²) >= 11 is 0. The Morgan fingerprint density at radius 2 is 1.89 bits per heavy atom. The Labute approximate surface area is 111 Å². The molecule has 1 fully saturated rings. The molecule has 0 unspecified atom stereocenters. The molecular formula is C14H17NO4. The van der Waals surface area contributed by atoms with Gasteiger partial charge in [0.05, 0.1) is 19.9 Å². The summed E-state index contributed by atoms with van der Waals surface area (Å²) in [6.45, 7) is 0. The molecule has 1 amide bonds. The molecule has 0 atom stereocenters. The summed E-state index contributed by atoms with van der Waals surface area (Å²) < 4.78 is 9.91. The van der Waals surface area contributed by atoms with Crippen LogP contribution in [0.5, 0.6) is 5.75 Å². The van der Waals surface area contributed by atoms with Gasteiger partial charge in [0.15, 0.2) is 0 Å². The number of hydrogen-bond acceptors (Lipinski definition) is 4. The highest BCUT2D eigenvalue weighted by Crippen LogP contribution is 2.43. The molecule has 1 aliphatic rings. The molecule has 0 saturated heterocycles. The van der Waals surface area contributed by atoms with Gasteiger partial charge < -0.3 is 14.8 Å². The van der Waals surface area contributed by atoms with Crippen molar-refractivity contribution >= 4 is 17.6 Å². The Morgan fingerprint density at radius 3 is 2.42 bits per heavy atom. The first-order valence-electron chi connectivity index (χ1n) is 6.17. The van der Waals surface area contributed by atoms with Gasteiger partial charge in [-0.1, -0.05) is 18.6 Å². The predicted octanol–water partition coefficient (Wildman–Crippen LogP) is 1.98. The third-order valence-electron chi connectivity index (χ3n) is 3.57. The molecule has 5 nitrogen and oxygen atoms in total. The van der Waals surface area contributed by atoms with Crippen LogP contribution in [0, 0.1) is 5.41 Å². The molecule has 0 aromatic heterocycles. The molecular weight excluding hydrogens is 246 g/mol. The van der Waals surface area contributed by atoms with Crippen LogP contribution in [0.15, 0.2) is 24.3 Å². The van der Waals surface area contributed by atoms with Crippen molar-refractivity contribution in [1.29, 1.82) is 0 Å². The minimum atomic E-state index is -1.03. The lowest BCUT2D eigenvalue weighted by molar-refractivity contribution is -0.163. The molecule has 5 heteroatoms. The van der Waals surface area contributed by atoms with Crippen LogP contribution in [0.25, 0.3) is 0 Å². The lowest BCUT2D eigenvalue weighted by Crippen LogP contribution is -2.48. The highest BCUT2D eigenvalue weighted by molar-refractivity contribution is 6.10. The molecule has 1 aliphatic carbocycles. The monoisotopic (exact) mass is 263 g/mol. The van der Waals surface area contributed by atoms with Gasteiger partial charge in [0.1, 0.15) is 11.2 Å². The van der Waals surface area contributed by atoms with Crippen molar-refractivity contribution in [2.75, 3.05) is 19.5 Å². The lowest BCUT2D eigenvalue weighted by atomic mass is 9.68. The number of anilines is 1. The number of methoxy groups -OCH3 is 2. The number of rotatable bonds is 4. The fraction of sp³-hybridized carbons (Fsp3) is 0.429. The number of para-hydroxylation sites is 2. The van der Waals surface area contributed by atoms with E-state index in [1.54, 1.807) is 18.2 Å². The van der Waals surface area contributed by atoms with E-state index in [1.807, 2.05) is 6.07 Å². The van der Waals surface area contributed by atoms with Crippen molar-refractivity contribution in [2.24, 2.45) is 5.41 Å². The zero-order valence-corrected chi connectivity index (χ0v) is 11.1. The smallest absolute Gasteiger partial charge is 0.321 e. The third kappa shape index (κ3) is 2.28. The number of esters is 1. The van der Waals surface area contributed by atoms with Crippen LogP contribution in [-0.2, 0) is 14.3 Å². The number of hydrogen-bond donors (Lipinski definition) is 1. The van der Waals surface area contributed by atoms with Crippen molar-refractivity contribution in [1.82, 2.24) is 0 Å². The van der Waals surface area contributed by atoms with E-state index in [0.29, 0.717) is 24.3 Å². The Hall–Kier alpha value is -2.04. The first-order valence-corrected chi connectivity index (χ1v) is 6.17. The van der Waals surface area contributed by atoms with Gasteiger partial charge in [-0.05, 0) is 25.0 Å². The van der Waals surface area contributed by atoms with Crippen LogP contribution in [0.3, 0.4) is 0 Å². The number of benzene rings is 1. The maximum atomic E-state index is 12.3. The second-order valence-corrected chi connectivity index (χ2v) is 4.58. The fourth-order valence-corrected chi connectivity index (χ4v) is 2.24. The Morgan fingerprint density at radius 1 is 1.21 bits per heavy atom. The molecule has 1 saturated carbocycles. The standard InChI is InChI=1S/C14H17NO4/c1-18-11-7-4-3-6-10(11)15-12(16)14(8-5-9-14)13(17)19-2/h3-4,6-7H,5,8-9H2,1-2H3,(H,15,16). The van der Waals surface area contributed by atoms with Gasteiger partial charge in [0, 0.05) is 0 Å². The number of carbonyl (C=O) groups excluding carboxylic acids is 2. The third-order valence-corrected chi connectivity index (χ3v) is 3.57. The molecule has 1 N–H and O–H groups in total. The summed E-state index contributed by atoms with van der Waals surface area (Å²) in [5.41, 5.74) is -0.472. The maximum Gasteiger partial charge on any atom is 0.321 e. The molecule has 0 aliphatic heterocycles. The first-order chi connectivity index (χ1) is 9.14. The van der Waals surface area contributed by atoms with Crippen LogP contribution in [0.2, 0.25) is 0 Å². The summed E-state index contributed by atoms with van der Waals surface area (Å²) in [6.07, 6.45) is 1.91. The summed E-state index contributed by atoms with van der Waals surface area (Å²) in [4.78, 5) is 24.1. The van der Waals surface area contributed by atoms with Crippen LogP contribution in [0.1, 0.15) is 19.3 Å². The van der Waals surface area contributed by atoms with E-state index in [1.165, 1.54) is 14.2 Å². The zero-order valence-electron chi connectivity index (χ0n) is 11.1. The molecule has 19 heavy (non-hydrogen) atoms. The van der Waals surface area contributed by atoms with Gasteiger partial charge >= 0.3 is 5.97 Å². The lowest BCUT2D eigenvalue weighted by Gasteiger charge is -2.37. The van der Waals surface area contributed by atoms with Gasteiger partial charge in [-0.15, -0.1) is 0 Å². The molecule has 0 heterocycles. The van der Waals surface area contributed by atoms with Gasteiger partial charge in [0.2, 0.25) is 5.91 Å². The molecule has 1 aromatic rings.